The number of rotatable bonds is 1. The predicted octanol–water partition coefficient (Wildman–Crippen LogP) is 2.86. The maximum Gasteiger partial charge on any atom is 0.136 e. The van der Waals surface area contributed by atoms with Crippen LogP contribution < -0.4 is 0 Å². The minimum Gasteiger partial charge on any atom is -0.508 e. The first-order valence-electron chi connectivity index (χ1n) is 5.50. The van der Waals surface area contributed by atoms with Gasteiger partial charge in [-0.25, -0.2) is 0 Å². The van der Waals surface area contributed by atoms with Crippen molar-refractivity contribution in [2.24, 2.45) is 5.92 Å². The normalized spacial score (nSPS) is 26.6. The molecule has 0 heterocycles. The van der Waals surface area contributed by atoms with Gasteiger partial charge in [-0.05, 0) is 36.5 Å². The van der Waals surface area contributed by atoms with E-state index < -0.39 is 0 Å². The third-order valence-corrected chi connectivity index (χ3v) is 3.35. The van der Waals surface area contributed by atoms with Crippen LogP contribution in [-0.4, -0.2) is 10.9 Å². The molecule has 2 heteroatoms. The lowest BCUT2D eigenvalue weighted by Crippen LogP contribution is -2.24. The van der Waals surface area contributed by atoms with Gasteiger partial charge in [0.2, 0.25) is 0 Å². The highest BCUT2D eigenvalue weighted by Crippen LogP contribution is 2.36. The molecule has 1 aromatic carbocycles. The average Bonchev–Trinajstić information content (AvgIpc) is 2.22. The Hall–Kier alpha value is -1.31. The van der Waals surface area contributed by atoms with Gasteiger partial charge in [-0.3, -0.25) is 4.79 Å². The van der Waals surface area contributed by atoms with Gasteiger partial charge in [0.05, 0.1) is 0 Å². The van der Waals surface area contributed by atoms with Gasteiger partial charge in [0.15, 0.2) is 0 Å². The summed E-state index contributed by atoms with van der Waals surface area (Å²) in [7, 11) is 0. The molecule has 1 aliphatic rings. The van der Waals surface area contributed by atoms with E-state index in [1.807, 2.05) is 19.1 Å². The highest BCUT2D eigenvalue weighted by atomic mass is 16.3. The summed E-state index contributed by atoms with van der Waals surface area (Å²) in [5.41, 5.74) is 1.09. The molecule has 80 valence electrons. The van der Waals surface area contributed by atoms with Crippen LogP contribution in [0.4, 0.5) is 0 Å². The number of Topliss-reactive ketones (excluding diaryl/α,β-unsaturated/α-hetero) is 1. The van der Waals surface area contributed by atoms with Crippen molar-refractivity contribution in [1.29, 1.82) is 0 Å². The summed E-state index contributed by atoms with van der Waals surface area (Å²) < 4.78 is 0. The summed E-state index contributed by atoms with van der Waals surface area (Å²) in [6.45, 7) is 2.00. The number of phenols is 1. The van der Waals surface area contributed by atoms with Gasteiger partial charge in [-0.1, -0.05) is 19.1 Å². The minimum atomic E-state index is 0.0977. The number of phenolic OH excluding ortho intramolecular Hbond substituents is 1. The zero-order valence-electron chi connectivity index (χ0n) is 8.94. The fourth-order valence-corrected chi connectivity index (χ4v) is 2.41. The van der Waals surface area contributed by atoms with Gasteiger partial charge >= 0.3 is 0 Å². The van der Waals surface area contributed by atoms with Crippen molar-refractivity contribution in [1.82, 2.24) is 0 Å². The molecule has 2 nitrogen and oxygen atoms in total. The summed E-state index contributed by atoms with van der Waals surface area (Å²) in [5.74, 6) is 1.03. The van der Waals surface area contributed by atoms with Gasteiger partial charge in [0.25, 0.3) is 0 Å². The summed E-state index contributed by atoms with van der Waals surface area (Å²) in [4.78, 5) is 11.6. The van der Waals surface area contributed by atoms with E-state index in [-0.39, 0.29) is 11.7 Å². The van der Waals surface area contributed by atoms with Crippen LogP contribution in [0.1, 0.15) is 37.7 Å². The van der Waals surface area contributed by atoms with Crippen molar-refractivity contribution in [2.75, 3.05) is 0 Å². The first kappa shape index (κ1) is 10.2. The molecule has 0 radical (unpaired) electrons. The van der Waals surface area contributed by atoms with Crippen LogP contribution in [0.3, 0.4) is 0 Å². The summed E-state index contributed by atoms with van der Waals surface area (Å²) in [6, 6.07) is 7.29. The second-order valence-corrected chi connectivity index (χ2v) is 4.35. The lowest BCUT2D eigenvalue weighted by Gasteiger charge is -2.27. The van der Waals surface area contributed by atoms with Crippen LogP contribution in [0.25, 0.3) is 0 Å². The van der Waals surface area contributed by atoms with E-state index in [9.17, 15) is 9.90 Å². The molecule has 1 N–H and O–H groups in total. The third-order valence-electron chi connectivity index (χ3n) is 3.35. The number of hydrogen-bond donors (Lipinski definition) is 1. The molecule has 2 rings (SSSR count). The Bertz CT molecular complexity index is 371. The van der Waals surface area contributed by atoms with Crippen LogP contribution in [0.15, 0.2) is 24.3 Å². The monoisotopic (exact) mass is 204 g/mol. The number of carbonyl (C=O) groups is 1. The SMILES string of the molecule is C[C@H]1C(=O)CCC[C@@H]1c1cccc(O)c1. The fraction of sp³-hybridized carbons (Fsp3) is 0.462. The smallest absolute Gasteiger partial charge is 0.136 e. The van der Waals surface area contributed by atoms with Gasteiger partial charge in [-0.2, -0.15) is 0 Å². The minimum absolute atomic E-state index is 0.0977. The molecule has 0 aromatic heterocycles. The maximum absolute atomic E-state index is 11.6. The van der Waals surface area contributed by atoms with Crippen molar-refractivity contribution in [3.63, 3.8) is 0 Å². The van der Waals surface area contributed by atoms with E-state index in [2.05, 4.69) is 0 Å². The molecule has 1 saturated carbocycles. The second kappa shape index (κ2) is 4.05. The summed E-state index contributed by atoms with van der Waals surface area (Å²) >= 11 is 0. The Kier molecular flexibility index (Phi) is 2.76. The van der Waals surface area contributed by atoms with Crippen LogP contribution in [-0.2, 0) is 4.79 Å². The lowest BCUT2D eigenvalue weighted by molar-refractivity contribution is -0.124. The van der Waals surface area contributed by atoms with Crippen molar-refractivity contribution >= 4 is 5.78 Å². The van der Waals surface area contributed by atoms with Crippen molar-refractivity contribution in [3.05, 3.63) is 29.8 Å². The van der Waals surface area contributed by atoms with E-state index in [4.69, 9.17) is 0 Å². The van der Waals surface area contributed by atoms with Crippen LogP contribution >= 0.6 is 0 Å². The quantitative estimate of drug-likeness (QED) is 0.763. The molecule has 1 fully saturated rings. The molecule has 0 unspecified atom stereocenters. The lowest BCUT2D eigenvalue weighted by atomic mass is 9.76. The first-order chi connectivity index (χ1) is 7.18. The number of ketones is 1. The average molecular weight is 204 g/mol. The first-order valence-corrected chi connectivity index (χ1v) is 5.50. The van der Waals surface area contributed by atoms with Crippen molar-refractivity contribution in [3.8, 4) is 5.75 Å². The van der Waals surface area contributed by atoms with Crippen LogP contribution in [0.5, 0.6) is 5.75 Å². The Labute approximate surface area is 89.9 Å². The molecular formula is C13H16O2. The number of hydrogen-bond acceptors (Lipinski definition) is 2. The molecule has 0 saturated heterocycles. The van der Waals surface area contributed by atoms with Gasteiger partial charge in [0, 0.05) is 12.3 Å². The molecule has 0 aliphatic heterocycles. The zero-order chi connectivity index (χ0) is 10.8. The Morgan fingerprint density at radius 2 is 2.20 bits per heavy atom. The molecule has 0 bridgehead atoms. The summed E-state index contributed by atoms with van der Waals surface area (Å²) in [6.07, 6.45) is 2.75. The van der Waals surface area contributed by atoms with E-state index in [0.717, 1.165) is 24.8 Å². The van der Waals surface area contributed by atoms with E-state index in [1.165, 1.54) is 0 Å². The molecule has 0 spiro atoms. The molecule has 15 heavy (non-hydrogen) atoms. The second-order valence-electron chi connectivity index (χ2n) is 4.35. The Morgan fingerprint density at radius 1 is 1.40 bits per heavy atom. The highest BCUT2D eigenvalue weighted by Gasteiger charge is 2.29. The van der Waals surface area contributed by atoms with Crippen molar-refractivity contribution in [2.45, 2.75) is 32.1 Å². The highest BCUT2D eigenvalue weighted by molar-refractivity contribution is 5.82. The van der Waals surface area contributed by atoms with Gasteiger partial charge in [0.1, 0.15) is 11.5 Å². The maximum atomic E-state index is 11.6. The van der Waals surface area contributed by atoms with Crippen molar-refractivity contribution < 1.29 is 9.90 Å². The van der Waals surface area contributed by atoms with E-state index >= 15 is 0 Å². The largest absolute Gasteiger partial charge is 0.508 e. The Morgan fingerprint density at radius 3 is 2.93 bits per heavy atom. The number of benzene rings is 1. The van der Waals surface area contributed by atoms with E-state index in [0.29, 0.717) is 11.7 Å². The van der Waals surface area contributed by atoms with Crippen LogP contribution in [0, 0.1) is 5.92 Å². The molecule has 0 amide bonds. The fourth-order valence-electron chi connectivity index (χ4n) is 2.41. The molecule has 2 atom stereocenters. The topological polar surface area (TPSA) is 37.3 Å². The van der Waals surface area contributed by atoms with Gasteiger partial charge < -0.3 is 5.11 Å². The number of aromatic hydroxyl groups is 1. The van der Waals surface area contributed by atoms with Gasteiger partial charge in [-0.15, -0.1) is 0 Å². The number of carbonyl (C=O) groups excluding carboxylic acids is 1. The standard InChI is InChI=1S/C13H16O2/c1-9-12(6-3-7-13(9)15)10-4-2-5-11(14)8-10/h2,4-5,8-9,12,14H,3,6-7H2,1H3/t9-,12+/m1/s1. The molecular weight excluding hydrogens is 188 g/mol. The zero-order valence-corrected chi connectivity index (χ0v) is 8.94. The molecule has 1 aliphatic carbocycles. The Balaban J connectivity index is 2.26. The van der Waals surface area contributed by atoms with Crippen LogP contribution in [0.2, 0.25) is 0 Å². The third kappa shape index (κ3) is 2.04. The van der Waals surface area contributed by atoms with E-state index in [1.54, 1.807) is 12.1 Å². The summed E-state index contributed by atoms with van der Waals surface area (Å²) in [5, 5.41) is 9.41. The molecule has 1 aromatic rings. The predicted molar refractivity (Wildman–Crippen MR) is 58.9 cm³/mol.